The molecule has 4 nitrogen and oxygen atoms in total. The fraction of sp³-hybridized carbons (Fsp3) is 0.273. The molecule has 1 heterocycles. The molecule has 1 atom stereocenters. The lowest BCUT2D eigenvalue weighted by molar-refractivity contribution is -0.119. The van der Waals surface area contributed by atoms with E-state index < -0.39 is 5.92 Å². The topological polar surface area (TPSA) is 76.1 Å². The molecule has 2 aliphatic rings. The number of nitrogens with zero attached hydrogens (tertiary/aromatic N) is 1. The van der Waals surface area contributed by atoms with Crippen molar-refractivity contribution in [3.8, 4) is 6.07 Å². The van der Waals surface area contributed by atoms with Crippen LogP contribution in [0.2, 0.25) is 0 Å². The number of rotatable bonds is 1. The minimum Gasteiger partial charge on any atom is -0.444 e. The number of ketones is 1. The number of Topliss-reactive ketones (excluding diaryl/α,β-unsaturated/α-hetero) is 1. The second kappa shape index (κ2) is 5.74. The number of fused-ring (bicyclic) bond motifs is 1. The highest BCUT2D eigenvalue weighted by Gasteiger charge is 2.42. The Morgan fingerprint density at radius 2 is 1.88 bits per heavy atom. The Labute approximate surface area is 152 Å². The van der Waals surface area contributed by atoms with E-state index in [-0.39, 0.29) is 17.1 Å². The predicted molar refractivity (Wildman–Crippen MR) is 99.6 cm³/mol. The molecule has 1 aliphatic heterocycles. The molecule has 130 valence electrons. The Kier molecular flexibility index (Phi) is 3.62. The third-order valence-electron chi connectivity index (χ3n) is 5.18. The van der Waals surface area contributed by atoms with E-state index in [9.17, 15) is 10.1 Å². The molecule has 4 rings (SSSR count). The highest BCUT2D eigenvalue weighted by molar-refractivity contribution is 6.00. The summed E-state index contributed by atoms with van der Waals surface area (Å²) in [6.07, 6.45) is 1.08. The summed E-state index contributed by atoms with van der Waals surface area (Å²) in [5.74, 6) is 0.294. The van der Waals surface area contributed by atoms with Crippen LogP contribution in [0.5, 0.6) is 0 Å². The molecule has 0 saturated heterocycles. The van der Waals surface area contributed by atoms with Gasteiger partial charge in [-0.05, 0) is 21.8 Å². The number of nitriles is 1. The van der Waals surface area contributed by atoms with Crippen LogP contribution in [0.1, 0.15) is 38.2 Å². The zero-order chi connectivity index (χ0) is 18.5. The average Bonchev–Trinajstić information content (AvgIpc) is 2.59. The largest absolute Gasteiger partial charge is 0.444 e. The van der Waals surface area contributed by atoms with Crippen molar-refractivity contribution in [2.45, 2.75) is 32.6 Å². The van der Waals surface area contributed by atoms with Crippen LogP contribution in [0.4, 0.5) is 0 Å². The maximum atomic E-state index is 12.9. The van der Waals surface area contributed by atoms with Crippen molar-refractivity contribution < 1.29 is 9.53 Å². The molecule has 26 heavy (non-hydrogen) atoms. The number of nitrogens with two attached hydrogens (primary N) is 1. The molecule has 0 spiro atoms. The number of carbonyl (C=O) groups is 1. The van der Waals surface area contributed by atoms with Crippen LogP contribution in [0.25, 0.3) is 10.8 Å². The first kappa shape index (κ1) is 16.4. The van der Waals surface area contributed by atoms with Crippen LogP contribution in [-0.2, 0) is 9.53 Å². The Balaban J connectivity index is 1.92. The van der Waals surface area contributed by atoms with Crippen LogP contribution in [0.15, 0.2) is 65.3 Å². The molecule has 1 aliphatic carbocycles. The maximum absolute atomic E-state index is 12.9. The van der Waals surface area contributed by atoms with Crippen molar-refractivity contribution in [2.75, 3.05) is 0 Å². The summed E-state index contributed by atoms with van der Waals surface area (Å²) in [4.78, 5) is 12.9. The summed E-state index contributed by atoms with van der Waals surface area (Å²) in [5.41, 5.74) is 7.68. The number of allylic oxidation sites excluding steroid dienone is 3. The quantitative estimate of drug-likeness (QED) is 0.837. The molecule has 2 N–H and O–H groups in total. The van der Waals surface area contributed by atoms with Crippen molar-refractivity contribution in [3.63, 3.8) is 0 Å². The van der Waals surface area contributed by atoms with E-state index in [1.54, 1.807) is 0 Å². The van der Waals surface area contributed by atoms with Gasteiger partial charge in [0.05, 0.1) is 5.92 Å². The van der Waals surface area contributed by atoms with Gasteiger partial charge in [0.25, 0.3) is 0 Å². The van der Waals surface area contributed by atoms with Crippen LogP contribution >= 0.6 is 0 Å². The fourth-order valence-electron chi connectivity index (χ4n) is 4.01. The number of benzene rings is 2. The Morgan fingerprint density at radius 3 is 2.62 bits per heavy atom. The SMILES string of the molecule is CC1(C)CC(=O)C2=C(C1)OC(N)=C(C#N)[C@H]2c1ccc2ccccc2c1. The number of hydrogen-bond donors (Lipinski definition) is 1. The highest BCUT2D eigenvalue weighted by atomic mass is 16.5. The van der Waals surface area contributed by atoms with Gasteiger partial charge in [-0.2, -0.15) is 5.26 Å². The number of carbonyl (C=O) groups excluding carboxylic acids is 1. The Morgan fingerprint density at radius 1 is 1.15 bits per heavy atom. The van der Waals surface area contributed by atoms with E-state index in [0.717, 1.165) is 16.3 Å². The first-order chi connectivity index (χ1) is 12.4. The van der Waals surface area contributed by atoms with Crippen molar-refractivity contribution in [3.05, 3.63) is 70.8 Å². The lowest BCUT2D eigenvalue weighted by Gasteiger charge is -2.37. The summed E-state index contributed by atoms with van der Waals surface area (Å²) >= 11 is 0. The number of ether oxygens (including phenoxy) is 1. The van der Waals surface area contributed by atoms with Crippen LogP contribution in [0.3, 0.4) is 0 Å². The zero-order valence-corrected chi connectivity index (χ0v) is 14.9. The molecule has 0 saturated carbocycles. The van der Waals surface area contributed by atoms with Gasteiger partial charge in [-0.3, -0.25) is 4.79 Å². The minimum absolute atomic E-state index is 0.0367. The van der Waals surface area contributed by atoms with E-state index in [4.69, 9.17) is 10.5 Å². The minimum atomic E-state index is -0.461. The standard InChI is InChI=1S/C22H20N2O2/c1-22(2)10-17(25)20-18(11-22)26-21(24)16(12-23)19(20)15-8-7-13-5-3-4-6-14(13)9-15/h3-9,19H,10-11,24H2,1-2H3/t19-/m1/s1. The van der Waals surface area contributed by atoms with Crippen molar-refractivity contribution >= 4 is 16.6 Å². The maximum Gasteiger partial charge on any atom is 0.205 e. The fourth-order valence-corrected chi connectivity index (χ4v) is 4.01. The molecule has 0 fully saturated rings. The van der Waals surface area contributed by atoms with E-state index in [2.05, 4.69) is 6.07 Å². The summed E-state index contributed by atoms with van der Waals surface area (Å²) in [6.45, 7) is 4.09. The molecule has 0 radical (unpaired) electrons. The molecule has 0 bridgehead atoms. The second-order valence-corrected chi connectivity index (χ2v) is 7.81. The van der Waals surface area contributed by atoms with Gasteiger partial charge in [0, 0.05) is 18.4 Å². The number of hydrogen-bond acceptors (Lipinski definition) is 4. The lowest BCUT2D eigenvalue weighted by Crippen LogP contribution is -2.33. The second-order valence-electron chi connectivity index (χ2n) is 7.81. The summed E-state index contributed by atoms with van der Waals surface area (Å²) in [5, 5.41) is 11.9. The Hall–Kier alpha value is -3.06. The van der Waals surface area contributed by atoms with Crippen LogP contribution in [0, 0.1) is 16.7 Å². The van der Waals surface area contributed by atoms with Gasteiger partial charge in [-0.15, -0.1) is 0 Å². The molecule has 0 unspecified atom stereocenters. The molecule has 2 aromatic rings. The van der Waals surface area contributed by atoms with E-state index in [1.807, 2.05) is 56.3 Å². The van der Waals surface area contributed by atoms with Gasteiger partial charge in [0.2, 0.25) is 5.88 Å². The van der Waals surface area contributed by atoms with Gasteiger partial charge in [0.15, 0.2) is 5.78 Å². The van der Waals surface area contributed by atoms with Gasteiger partial charge >= 0.3 is 0 Å². The summed E-state index contributed by atoms with van der Waals surface area (Å²) in [6, 6.07) is 16.2. The van der Waals surface area contributed by atoms with Crippen molar-refractivity contribution in [1.82, 2.24) is 0 Å². The summed E-state index contributed by atoms with van der Waals surface area (Å²) < 4.78 is 5.73. The van der Waals surface area contributed by atoms with Crippen LogP contribution in [-0.4, -0.2) is 5.78 Å². The average molecular weight is 344 g/mol. The van der Waals surface area contributed by atoms with E-state index >= 15 is 0 Å². The third-order valence-corrected chi connectivity index (χ3v) is 5.18. The van der Waals surface area contributed by atoms with E-state index in [1.165, 1.54) is 0 Å². The Bertz CT molecular complexity index is 1040. The molecule has 2 aromatic carbocycles. The van der Waals surface area contributed by atoms with Gasteiger partial charge in [0.1, 0.15) is 17.4 Å². The highest BCUT2D eigenvalue weighted by Crippen LogP contribution is 2.48. The first-order valence-electron chi connectivity index (χ1n) is 8.72. The lowest BCUT2D eigenvalue weighted by atomic mass is 9.70. The molecule has 0 aromatic heterocycles. The molecule has 4 heteroatoms. The van der Waals surface area contributed by atoms with E-state index in [0.29, 0.717) is 29.7 Å². The first-order valence-corrected chi connectivity index (χ1v) is 8.72. The molecular weight excluding hydrogens is 324 g/mol. The van der Waals surface area contributed by atoms with Gasteiger partial charge < -0.3 is 10.5 Å². The molecule has 0 amide bonds. The van der Waals surface area contributed by atoms with Crippen LogP contribution < -0.4 is 5.73 Å². The van der Waals surface area contributed by atoms with Crippen molar-refractivity contribution in [2.24, 2.45) is 11.1 Å². The van der Waals surface area contributed by atoms with Gasteiger partial charge in [-0.25, -0.2) is 0 Å². The summed E-state index contributed by atoms with van der Waals surface area (Å²) in [7, 11) is 0. The zero-order valence-electron chi connectivity index (χ0n) is 14.9. The predicted octanol–water partition coefficient (Wildman–Crippen LogP) is 4.29. The normalized spacial score (nSPS) is 22.0. The monoisotopic (exact) mass is 344 g/mol. The van der Waals surface area contributed by atoms with Gasteiger partial charge in [-0.1, -0.05) is 56.3 Å². The third kappa shape index (κ3) is 2.57. The smallest absolute Gasteiger partial charge is 0.205 e. The van der Waals surface area contributed by atoms with Crippen molar-refractivity contribution in [1.29, 1.82) is 5.26 Å². The molecular formula is C22H20N2O2.